The fourth-order valence-electron chi connectivity index (χ4n) is 3.53. The summed E-state index contributed by atoms with van der Waals surface area (Å²) in [4.78, 5) is 12.2. The van der Waals surface area contributed by atoms with Crippen molar-refractivity contribution in [2.45, 2.75) is 46.1 Å². The first-order chi connectivity index (χ1) is 11.6. The highest BCUT2D eigenvalue weighted by atomic mass is 16.5. The van der Waals surface area contributed by atoms with E-state index in [-0.39, 0.29) is 12.1 Å². The second-order valence-corrected chi connectivity index (χ2v) is 6.66. The van der Waals surface area contributed by atoms with E-state index in [0.717, 1.165) is 36.3 Å². The number of amides is 2. The number of rotatable bonds is 5. The molecule has 24 heavy (non-hydrogen) atoms. The number of carbonyl (C=O) groups is 1. The van der Waals surface area contributed by atoms with Crippen molar-refractivity contribution >= 4 is 6.03 Å². The average Bonchev–Trinajstić information content (AvgIpc) is 3.05. The van der Waals surface area contributed by atoms with Gasteiger partial charge in [-0.15, -0.1) is 0 Å². The molecule has 0 saturated carbocycles. The number of aromatic nitrogens is 1. The minimum absolute atomic E-state index is 0.0951. The molecule has 0 spiro atoms. The summed E-state index contributed by atoms with van der Waals surface area (Å²) in [6.07, 6.45) is 2.75. The van der Waals surface area contributed by atoms with E-state index in [1.54, 1.807) is 0 Å². The lowest BCUT2D eigenvalue weighted by atomic mass is 10.0. The molecule has 5 heteroatoms. The Morgan fingerprint density at radius 1 is 1.33 bits per heavy atom. The van der Waals surface area contributed by atoms with Crippen LogP contribution in [0.5, 0.6) is 0 Å². The Hall–Kier alpha value is -2.30. The Morgan fingerprint density at radius 2 is 2.12 bits per heavy atom. The number of fused-ring (bicyclic) bond motifs is 1. The maximum absolute atomic E-state index is 12.2. The Labute approximate surface area is 142 Å². The smallest absolute Gasteiger partial charge is 0.315 e. The lowest BCUT2D eigenvalue weighted by Crippen LogP contribution is -2.39. The largest absolute Gasteiger partial charge is 0.361 e. The van der Waals surface area contributed by atoms with E-state index in [1.165, 1.54) is 11.1 Å². The molecular formula is C19H25N3O2. The van der Waals surface area contributed by atoms with Gasteiger partial charge in [0.15, 0.2) is 0 Å². The monoisotopic (exact) mass is 327 g/mol. The van der Waals surface area contributed by atoms with Crippen molar-refractivity contribution in [1.29, 1.82) is 0 Å². The molecule has 0 bridgehead atoms. The van der Waals surface area contributed by atoms with Gasteiger partial charge in [0, 0.05) is 12.1 Å². The predicted molar refractivity (Wildman–Crippen MR) is 92.9 cm³/mol. The van der Waals surface area contributed by atoms with Crippen molar-refractivity contribution in [1.82, 2.24) is 15.8 Å². The lowest BCUT2D eigenvalue weighted by molar-refractivity contribution is 0.233. The molecule has 0 saturated heterocycles. The highest BCUT2D eigenvalue weighted by Gasteiger charge is 2.29. The molecule has 2 atom stereocenters. The van der Waals surface area contributed by atoms with Crippen molar-refractivity contribution in [3.63, 3.8) is 0 Å². The molecular weight excluding hydrogens is 302 g/mol. The molecule has 2 unspecified atom stereocenters. The fraction of sp³-hybridized carbons (Fsp3) is 0.474. The highest BCUT2D eigenvalue weighted by molar-refractivity contribution is 5.74. The molecule has 128 valence electrons. The third-order valence-electron chi connectivity index (χ3n) is 4.86. The third kappa shape index (κ3) is 3.45. The van der Waals surface area contributed by atoms with Gasteiger partial charge < -0.3 is 15.2 Å². The van der Waals surface area contributed by atoms with Crippen molar-refractivity contribution in [2.24, 2.45) is 5.92 Å². The second-order valence-electron chi connectivity index (χ2n) is 6.66. The van der Waals surface area contributed by atoms with Crippen LogP contribution < -0.4 is 10.6 Å². The molecule has 5 nitrogen and oxygen atoms in total. The van der Waals surface area contributed by atoms with Gasteiger partial charge in [0.05, 0.1) is 11.7 Å². The van der Waals surface area contributed by atoms with E-state index in [0.29, 0.717) is 12.5 Å². The maximum Gasteiger partial charge on any atom is 0.315 e. The van der Waals surface area contributed by atoms with Crippen LogP contribution in [-0.4, -0.2) is 17.7 Å². The van der Waals surface area contributed by atoms with Crippen LogP contribution in [0.1, 0.15) is 47.5 Å². The van der Waals surface area contributed by atoms with E-state index < -0.39 is 0 Å². The number of benzene rings is 1. The third-order valence-corrected chi connectivity index (χ3v) is 4.86. The van der Waals surface area contributed by atoms with Crippen LogP contribution in [-0.2, 0) is 12.8 Å². The quantitative estimate of drug-likeness (QED) is 0.827. The van der Waals surface area contributed by atoms with Crippen molar-refractivity contribution in [2.75, 3.05) is 6.54 Å². The van der Waals surface area contributed by atoms with Gasteiger partial charge in [-0.25, -0.2) is 4.79 Å². The summed E-state index contributed by atoms with van der Waals surface area (Å²) in [6, 6.07) is 8.36. The first-order valence-corrected chi connectivity index (χ1v) is 8.60. The lowest BCUT2D eigenvalue weighted by Gasteiger charge is -2.19. The van der Waals surface area contributed by atoms with Gasteiger partial charge in [0.2, 0.25) is 0 Å². The van der Waals surface area contributed by atoms with Gasteiger partial charge in [-0.05, 0) is 50.2 Å². The molecule has 3 rings (SSSR count). The molecule has 0 radical (unpaired) electrons. The zero-order valence-electron chi connectivity index (χ0n) is 14.6. The summed E-state index contributed by atoms with van der Waals surface area (Å²) >= 11 is 0. The molecule has 1 aromatic heterocycles. The van der Waals surface area contributed by atoms with Gasteiger partial charge in [-0.2, -0.15) is 0 Å². The Balaban J connectivity index is 1.47. The number of aryl methyl sites for hydroxylation is 2. The summed E-state index contributed by atoms with van der Waals surface area (Å²) in [5.41, 5.74) is 4.67. The topological polar surface area (TPSA) is 67.2 Å². The molecule has 1 heterocycles. The first-order valence-electron chi connectivity index (χ1n) is 8.60. The number of hydrogen-bond acceptors (Lipinski definition) is 3. The number of nitrogens with one attached hydrogen (secondary N) is 2. The van der Waals surface area contributed by atoms with E-state index in [4.69, 9.17) is 4.52 Å². The number of urea groups is 1. The summed E-state index contributed by atoms with van der Waals surface area (Å²) in [5, 5.41) is 10.0. The highest BCUT2D eigenvalue weighted by Crippen LogP contribution is 2.35. The minimum Gasteiger partial charge on any atom is -0.361 e. The van der Waals surface area contributed by atoms with Gasteiger partial charge in [0.25, 0.3) is 0 Å². The molecule has 1 aliphatic carbocycles. The van der Waals surface area contributed by atoms with E-state index in [2.05, 4.69) is 40.9 Å². The standard InChI is InChI=1S/C19H25N3O2/c1-12-11-15-7-4-5-8-17(15)18(12)21-19(23)20-10-6-9-16-13(2)22-24-14(16)3/h4-5,7-8,12,18H,6,9-11H2,1-3H3,(H2,20,21,23). The van der Waals surface area contributed by atoms with Crippen LogP contribution in [0.3, 0.4) is 0 Å². The Morgan fingerprint density at radius 3 is 2.88 bits per heavy atom. The normalized spacial score (nSPS) is 19.1. The summed E-state index contributed by atoms with van der Waals surface area (Å²) < 4.78 is 5.16. The van der Waals surface area contributed by atoms with Crippen LogP contribution in [0.25, 0.3) is 0 Å². The first kappa shape index (κ1) is 16.6. The molecule has 2 amide bonds. The number of carbonyl (C=O) groups excluding carboxylic acids is 1. The fourth-order valence-corrected chi connectivity index (χ4v) is 3.53. The van der Waals surface area contributed by atoms with E-state index in [9.17, 15) is 4.79 Å². The minimum atomic E-state index is -0.0951. The zero-order valence-corrected chi connectivity index (χ0v) is 14.6. The van der Waals surface area contributed by atoms with Crippen LogP contribution in [0, 0.1) is 19.8 Å². The van der Waals surface area contributed by atoms with Crippen LogP contribution in [0.15, 0.2) is 28.8 Å². The summed E-state index contributed by atoms with van der Waals surface area (Å²) in [7, 11) is 0. The van der Waals surface area contributed by atoms with Gasteiger partial charge >= 0.3 is 6.03 Å². The molecule has 2 aromatic rings. The molecule has 1 aromatic carbocycles. The van der Waals surface area contributed by atoms with Crippen LogP contribution in [0.4, 0.5) is 4.79 Å². The second kappa shape index (κ2) is 7.07. The zero-order chi connectivity index (χ0) is 17.1. The number of hydrogen-bond donors (Lipinski definition) is 2. The van der Waals surface area contributed by atoms with Crippen LogP contribution in [0.2, 0.25) is 0 Å². The SMILES string of the molecule is Cc1noc(C)c1CCCNC(=O)NC1c2ccccc2CC1C. The van der Waals surface area contributed by atoms with Crippen molar-refractivity contribution < 1.29 is 9.32 Å². The number of nitrogens with zero attached hydrogens (tertiary/aromatic N) is 1. The van der Waals surface area contributed by atoms with Gasteiger partial charge in [-0.1, -0.05) is 36.3 Å². The summed E-state index contributed by atoms with van der Waals surface area (Å²) in [5.74, 6) is 1.30. The molecule has 0 aliphatic heterocycles. The Kier molecular flexibility index (Phi) is 4.88. The van der Waals surface area contributed by atoms with Gasteiger partial charge in [-0.3, -0.25) is 0 Å². The molecule has 2 N–H and O–H groups in total. The average molecular weight is 327 g/mol. The van der Waals surface area contributed by atoms with E-state index in [1.807, 2.05) is 19.9 Å². The predicted octanol–water partition coefficient (Wildman–Crippen LogP) is 3.46. The molecule has 0 fully saturated rings. The summed E-state index contributed by atoms with van der Waals surface area (Å²) in [6.45, 7) is 6.69. The molecule has 1 aliphatic rings. The van der Waals surface area contributed by atoms with Gasteiger partial charge in [0.1, 0.15) is 5.76 Å². The van der Waals surface area contributed by atoms with E-state index >= 15 is 0 Å². The van der Waals surface area contributed by atoms with Crippen molar-refractivity contribution in [3.8, 4) is 0 Å². The van der Waals surface area contributed by atoms with Crippen LogP contribution >= 0.6 is 0 Å². The Bertz CT molecular complexity index is 704. The van der Waals surface area contributed by atoms with Crippen molar-refractivity contribution in [3.05, 3.63) is 52.4 Å². The maximum atomic E-state index is 12.2.